The average Bonchev–Trinajstić information content (AvgIpc) is 3.27. The first-order valence-electron chi connectivity index (χ1n) is 19.8. The van der Waals surface area contributed by atoms with Crippen molar-refractivity contribution in [3.63, 3.8) is 0 Å². The minimum absolute atomic E-state index is 0.0186. The summed E-state index contributed by atoms with van der Waals surface area (Å²) < 4.78 is 28.3. The van der Waals surface area contributed by atoms with Crippen molar-refractivity contribution in [2.24, 2.45) is 5.92 Å². The van der Waals surface area contributed by atoms with Crippen molar-refractivity contribution in [2.45, 2.75) is 62.4 Å². The van der Waals surface area contributed by atoms with Crippen LogP contribution in [0.15, 0.2) is 127 Å². The summed E-state index contributed by atoms with van der Waals surface area (Å²) in [7, 11) is 0. The van der Waals surface area contributed by atoms with E-state index in [9.17, 15) is 52.9 Å². The molecule has 7 rings (SSSR count). The van der Waals surface area contributed by atoms with Crippen molar-refractivity contribution in [1.29, 1.82) is 0 Å². The van der Waals surface area contributed by atoms with E-state index in [1.807, 2.05) is 42.5 Å². The summed E-state index contributed by atoms with van der Waals surface area (Å²) in [6.07, 6.45) is -6.12. The molecule has 0 saturated heterocycles. The zero-order chi connectivity index (χ0) is 44.3. The number of benzene rings is 5. The Hall–Kier alpha value is -7.10. The fourth-order valence-corrected chi connectivity index (χ4v) is 7.06. The van der Waals surface area contributed by atoms with E-state index in [-0.39, 0.29) is 30.5 Å². The van der Waals surface area contributed by atoms with E-state index in [1.54, 1.807) is 42.5 Å². The highest BCUT2D eigenvalue weighted by Crippen LogP contribution is 2.22. The van der Waals surface area contributed by atoms with E-state index in [0.717, 1.165) is 29.3 Å². The fraction of sp³-hybridized carbons (Fsp3) is 0.234. The van der Waals surface area contributed by atoms with E-state index in [0.29, 0.717) is 16.7 Å². The maximum Gasteiger partial charge on any atom is 0.307 e. The average molecular weight is 847 g/mol. The Balaban J connectivity index is 1.39. The first-order chi connectivity index (χ1) is 29.7. The summed E-state index contributed by atoms with van der Waals surface area (Å²) in [5.41, 5.74) is 3.59. The van der Waals surface area contributed by atoms with Gasteiger partial charge in [-0.1, -0.05) is 103 Å². The van der Waals surface area contributed by atoms with Crippen LogP contribution in [0.25, 0.3) is 11.1 Å². The number of aliphatic hydroxyl groups excluding tert-OH is 2. The van der Waals surface area contributed by atoms with Crippen molar-refractivity contribution in [1.82, 2.24) is 16.0 Å². The maximum atomic E-state index is 14.5. The van der Waals surface area contributed by atoms with E-state index >= 15 is 0 Å². The van der Waals surface area contributed by atoms with Crippen LogP contribution in [0.2, 0.25) is 0 Å². The molecule has 0 fully saturated rings. The summed E-state index contributed by atoms with van der Waals surface area (Å²) >= 11 is 0. The van der Waals surface area contributed by atoms with Gasteiger partial charge in [0.25, 0.3) is 11.8 Å². The van der Waals surface area contributed by atoms with Gasteiger partial charge < -0.3 is 36.6 Å². The highest BCUT2D eigenvalue weighted by atomic mass is 19.2. The number of carboxylic acids is 1. The number of hydrogen-bond donors (Lipinski definition) is 7. The molecule has 15 heteroatoms. The molecule has 320 valence electrons. The lowest BCUT2D eigenvalue weighted by atomic mass is 9.90. The molecule has 4 amide bonds. The van der Waals surface area contributed by atoms with Gasteiger partial charge in [0.05, 0.1) is 12.0 Å². The Kier molecular flexibility index (Phi) is 14.7. The first-order valence-corrected chi connectivity index (χ1v) is 19.8. The summed E-state index contributed by atoms with van der Waals surface area (Å²) in [6.45, 7) is 0. The molecule has 62 heavy (non-hydrogen) atoms. The quantitative estimate of drug-likeness (QED) is 0.113. The first kappa shape index (κ1) is 44.5. The molecule has 0 saturated carbocycles. The van der Waals surface area contributed by atoms with Crippen LogP contribution in [0.4, 0.5) is 14.5 Å². The van der Waals surface area contributed by atoms with Crippen LogP contribution in [-0.4, -0.2) is 81.0 Å². The summed E-state index contributed by atoms with van der Waals surface area (Å²) in [5, 5.41) is 41.7. The van der Waals surface area contributed by atoms with Crippen LogP contribution in [0, 0.1) is 17.6 Å². The second-order valence-corrected chi connectivity index (χ2v) is 15.1. The van der Waals surface area contributed by atoms with Gasteiger partial charge in [0, 0.05) is 24.9 Å². The lowest BCUT2D eigenvalue weighted by molar-refractivity contribution is -0.145. The third kappa shape index (κ3) is 11.8. The number of anilines is 1. The van der Waals surface area contributed by atoms with Gasteiger partial charge in [-0.3, -0.25) is 28.8 Å². The number of Topliss-reactive ketones (excluding diaryl/α,β-unsaturated/α-hetero) is 1. The van der Waals surface area contributed by atoms with Gasteiger partial charge in [0.1, 0.15) is 12.1 Å². The Morgan fingerprint density at radius 1 is 0.532 bits per heavy atom. The molecule has 6 atom stereocenters. The Morgan fingerprint density at radius 3 is 1.65 bits per heavy atom. The van der Waals surface area contributed by atoms with Crippen LogP contribution in [0.5, 0.6) is 0 Å². The topological polar surface area (TPSA) is 211 Å². The summed E-state index contributed by atoms with van der Waals surface area (Å²) in [5.74, 6) is -10.0. The molecule has 5 aromatic carbocycles. The number of carboxylic acid groups (broad SMARTS) is 1. The molecule has 0 unspecified atom stereocenters. The van der Waals surface area contributed by atoms with Crippen molar-refractivity contribution in [2.75, 3.05) is 5.32 Å². The van der Waals surface area contributed by atoms with Gasteiger partial charge in [0.15, 0.2) is 29.6 Å². The summed E-state index contributed by atoms with van der Waals surface area (Å²) in [6, 6.07) is 29.3. The number of aliphatic hydroxyl groups is 2. The van der Waals surface area contributed by atoms with Crippen LogP contribution in [-0.2, 0) is 54.5 Å². The SMILES string of the molecule is O=C(O)[C@H]1CC(=O)[C@@H](Cc2ccccc2)NC(=O)[C@H](Cc2ccc(-c3ccccc3)cc2)NC(=O)[C@@H](Cc2ccc(F)c(F)c2)NC(=O)[C@H](O)[C@@H](O)C(=O)Nc2ccc(cc2)C1. The minimum Gasteiger partial charge on any atom is -0.481 e. The fourth-order valence-electron chi connectivity index (χ4n) is 7.06. The smallest absolute Gasteiger partial charge is 0.307 e. The van der Waals surface area contributed by atoms with Crippen molar-refractivity contribution >= 4 is 41.1 Å². The Bertz CT molecular complexity index is 2400. The number of ketones is 1. The molecular weight excluding hydrogens is 803 g/mol. The molecule has 7 N–H and O–H groups in total. The third-order valence-electron chi connectivity index (χ3n) is 10.5. The molecule has 0 aromatic heterocycles. The van der Waals surface area contributed by atoms with Crippen molar-refractivity contribution in [3.05, 3.63) is 161 Å². The number of hydrogen-bond acceptors (Lipinski definition) is 8. The van der Waals surface area contributed by atoms with E-state index in [1.165, 1.54) is 24.3 Å². The van der Waals surface area contributed by atoms with Gasteiger partial charge in [0.2, 0.25) is 11.8 Å². The van der Waals surface area contributed by atoms with Crippen molar-refractivity contribution < 1.29 is 52.9 Å². The van der Waals surface area contributed by atoms with Gasteiger partial charge in [-0.05, 0) is 70.5 Å². The van der Waals surface area contributed by atoms with E-state index < -0.39 is 96.1 Å². The number of halogens is 2. The zero-order valence-electron chi connectivity index (χ0n) is 33.2. The molecule has 2 bridgehead atoms. The maximum absolute atomic E-state index is 14.5. The number of fused-ring (bicyclic) bond motifs is 18. The van der Waals surface area contributed by atoms with Crippen molar-refractivity contribution in [3.8, 4) is 11.1 Å². The Morgan fingerprint density at radius 2 is 1.03 bits per heavy atom. The second kappa shape index (κ2) is 20.4. The molecule has 5 aromatic rings. The number of amides is 4. The zero-order valence-corrected chi connectivity index (χ0v) is 33.2. The van der Waals surface area contributed by atoms with E-state index in [2.05, 4.69) is 21.3 Å². The normalized spacial score (nSPS) is 21.8. The van der Waals surface area contributed by atoms with Gasteiger partial charge in [-0.25, -0.2) is 8.78 Å². The number of rotatable bonds is 8. The highest BCUT2D eigenvalue weighted by Gasteiger charge is 2.36. The molecule has 2 heterocycles. The molecular formula is C47H44F2N4O9. The number of carbonyl (C=O) groups excluding carboxylic acids is 5. The Labute approximate surface area is 355 Å². The number of nitrogens with one attached hydrogen (secondary N) is 4. The highest BCUT2D eigenvalue weighted by molar-refractivity contribution is 6.00. The number of carbonyl (C=O) groups is 6. The third-order valence-corrected chi connectivity index (χ3v) is 10.5. The molecule has 0 aliphatic carbocycles. The monoisotopic (exact) mass is 846 g/mol. The predicted octanol–water partition coefficient (Wildman–Crippen LogP) is 3.69. The van der Waals surface area contributed by atoms with Crippen LogP contribution >= 0.6 is 0 Å². The van der Waals surface area contributed by atoms with E-state index in [4.69, 9.17) is 0 Å². The molecule has 13 nitrogen and oxygen atoms in total. The predicted molar refractivity (Wildman–Crippen MR) is 223 cm³/mol. The lowest BCUT2D eigenvalue weighted by Gasteiger charge is -2.27. The lowest BCUT2D eigenvalue weighted by Crippen LogP contribution is -2.59. The van der Waals surface area contributed by atoms with Crippen LogP contribution < -0.4 is 21.3 Å². The molecule has 0 spiro atoms. The number of aliphatic carboxylic acids is 1. The van der Waals surface area contributed by atoms with Crippen LogP contribution in [0.3, 0.4) is 0 Å². The standard InChI is InChI=1S/C47H44F2N4O9/c48-35-20-15-30(22-36(35)49)25-39-44(58)52-38(24-29-11-16-32(17-12-29)31-9-5-2-6-10-31)43(57)51-37(23-27-7-3-1-4-8-27)40(54)26-33(47(61)62)21-28-13-18-34(19-14-28)50-45(59)41(55)42(56)46(60)53-39/h1-20,22,33,37-39,41-42,55-56H,21,23-26H2,(H,50,59)(H,51,57)(H,52,58)(H,53,60)(H,61,62)/t33-,37-,38+,39-,41-,42-/m1/s1. The van der Waals surface area contributed by atoms with Gasteiger partial charge in [-0.2, -0.15) is 0 Å². The molecule has 2 aliphatic heterocycles. The largest absolute Gasteiger partial charge is 0.481 e. The van der Waals surface area contributed by atoms with Crippen LogP contribution in [0.1, 0.15) is 28.7 Å². The minimum atomic E-state index is -2.44. The summed E-state index contributed by atoms with van der Waals surface area (Å²) in [4.78, 5) is 81.8. The van der Waals surface area contributed by atoms with Gasteiger partial charge >= 0.3 is 5.97 Å². The molecule has 2 aliphatic rings. The molecule has 0 radical (unpaired) electrons. The van der Waals surface area contributed by atoms with Gasteiger partial charge in [-0.15, -0.1) is 0 Å². The second-order valence-electron chi connectivity index (χ2n) is 15.1.